The standard InChI is InChI=1S/C16H17F5N2O4/c1-6-4-5-7(2)23(6)11-8(15(26)27-3)10(13(17)18)22-12(16(19,20)21)9(11)14(24)25/h6-7,13H,4-5H2,1-3H3,(H,24,25). The van der Waals surface area contributed by atoms with Crippen LogP contribution in [0.4, 0.5) is 27.6 Å². The number of halogens is 5. The van der Waals surface area contributed by atoms with Gasteiger partial charge in [0.2, 0.25) is 0 Å². The predicted molar refractivity (Wildman–Crippen MR) is 83.1 cm³/mol. The topological polar surface area (TPSA) is 79.7 Å². The maximum atomic E-state index is 13.5. The molecule has 0 amide bonds. The Labute approximate surface area is 150 Å². The van der Waals surface area contributed by atoms with E-state index < -0.39 is 64.8 Å². The molecule has 2 rings (SSSR count). The van der Waals surface area contributed by atoms with Gasteiger partial charge in [-0.25, -0.2) is 23.4 Å². The lowest BCUT2D eigenvalue weighted by molar-refractivity contribution is -0.142. The third-order valence-corrected chi connectivity index (χ3v) is 4.49. The van der Waals surface area contributed by atoms with Crippen molar-refractivity contribution in [2.45, 2.75) is 51.4 Å². The minimum absolute atomic E-state index is 0.476. The molecule has 1 aliphatic heterocycles. The van der Waals surface area contributed by atoms with Gasteiger partial charge in [-0.3, -0.25) is 0 Å². The number of anilines is 1. The summed E-state index contributed by atoms with van der Waals surface area (Å²) in [5, 5.41) is 9.44. The summed E-state index contributed by atoms with van der Waals surface area (Å²) in [6.07, 6.45) is -7.90. The highest BCUT2D eigenvalue weighted by molar-refractivity contribution is 6.06. The number of nitrogens with zero attached hydrogens (tertiary/aromatic N) is 2. The number of alkyl halides is 5. The summed E-state index contributed by atoms with van der Waals surface area (Å²) < 4.78 is 71.7. The zero-order valence-corrected chi connectivity index (χ0v) is 14.6. The largest absolute Gasteiger partial charge is 0.478 e. The van der Waals surface area contributed by atoms with E-state index in [4.69, 9.17) is 0 Å². The Morgan fingerprint density at radius 1 is 1.19 bits per heavy atom. The number of carboxylic acid groups (broad SMARTS) is 1. The fraction of sp³-hybridized carbons (Fsp3) is 0.562. The van der Waals surface area contributed by atoms with E-state index in [0.29, 0.717) is 12.8 Å². The lowest BCUT2D eigenvalue weighted by Crippen LogP contribution is -2.37. The van der Waals surface area contributed by atoms with E-state index in [1.54, 1.807) is 13.8 Å². The Hall–Kier alpha value is -2.46. The lowest BCUT2D eigenvalue weighted by atomic mass is 10.00. The summed E-state index contributed by atoms with van der Waals surface area (Å²) in [5.41, 5.74) is -6.46. The molecule has 1 aromatic rings. The second kappa shape index (κ2) is 7.28. The van der Waals surface area contributed by atoms with Gasteiger partial charge in [0.05, 0.1) is 12.8 Å². The molecule has 0 radical (unpaired) electrons. The molecule has 1 aromatic heterocycles. The van der Waals surface area contributed by atoms with Crippen molar-refractivity contribution in [3.05, 3.63) is 22.5 Å². The number of hydrogen-bond donors (Lipinski definition) is 1. The number of pyridine rings is 1. The first-order valence-electron chi connectivity index (χ1n) is 7.94. The molecule has 6 nitrogen and oxygen atoms in total. The molecule has 27 heavy (non-hydrogen) atoms. The van der Waals surface area contributed by atoms with Crippen LogP contribution in [0.25, 0.3) is 0 Å². The van der Waals surface area contributed by atoms with Crippen LogP contribution in [-0.2, 0) is 10.9 Å². The van der Waals surface area contributed by atoms with Crippen LogP contribution in [-0.4, -0.2) is 41.2 Å². The zero-order valence-electron chi connectivity index (χ0n) is 14.6. The van der Waals surface area contributed by atoms with E-state index in [1.807, 2.05) is 0 Å². The van der Waals surface area contributed by atoms with Gasteiger partial charge in [-0.05, 0) is 26.7 Å². The van der Waals surface area contributed by atoms with Gasteiger partial charge < -0.3 is 14.7 Å². The van der Waals surface area contributed by atoms with Crippen LogP contribution in [0, 0.1) is 0 Å². The van der Waals surface area contributed by atoms with Gasteiger partial charge >= 0.3 is 18.1 Å². The van der Waals surface area contributed by atoms with E-state index >= 15 is 0 Å². The van der Waals surface area contributed by atoms with Crippen molar-refractivity contribution in [2.75, 3.05) is 12.0 Å². The van der Waals surface area contributed by atoms with Crippen LogP contribution in [0.5, 0.6) is 0 Å². The van der Waals surface area contributed by atoms with E-state index in [1.165, 1.54) is 4.90 Å². The molecule has 11 heteroatoms. The molecule has 0 saturated carbocycles. The number of carboxylic acids is 1. The Kier molecular flexibility index (Phi) is 5.62. The number of carbonyl (C=O) groups excluding carboxylic acids is 1. The van der Waals surface area contributed by atoms with Gasteiger partial charge in [0.1, 0.15) is 16.8 Å². The molecule has 0 aromatic carbocycles. The fourth-order valence-electron chi connectivity index (χ4n) is 3.35. The van der Waals surface area contributed by atoms with Gasteiger partial charge in [0, 0.05) is 12.1 Å². The van der Waals surface area contributed by atoms with Gasteiger partial charge in [-0.2, -0.15) is 13.2 Å². The number of aromatic carboxylic acids is 1. The van der Waals surface area contributed by atoms with Gasteiger partial charge in [0.15, 0.2) is 5.69 Å². The normalized spacial score (nSPS) is 20.3. The molecular formula is C16H17F5N2O4. The van der Waals surface area contributed by atoms with Gasteiger partial charge in [0.25, 0.3) is 6.43 Å². The number of rotatable bonds is 4. The molecule has 0 bridgehead atoms. The molecular weight excluding hydrogens is 379 g/mol. The number of aromatic nitrogens is 1. The Morgan fingerprint density at radius 2 is 1.70 bits per heavy atom. The monoisotopic (exact) mass is 396 g/mol. The summed E-state index contributed by atoms with van der Waals surface area (Å²) in [6.45, 7) is 3.21. The van der Waals surface area contributed by atoms with Crippen LogP contribution in [0.15, 0.2) is 0 Å². The van der Waals surface area contributed by atoms with Crippen molar-refractivity contribution in [1.82, 2.24) is 4.98 Å². The predicted octanol–water partition coefficient (Wildman–Crippen LogP) is 3.90. The van der Waals surface area contributed by atoms with Gasteiger partial charge in [-0.1, -0.05) is 0 Å². The molecule has 0 aliphatic carbocycles. The molecule has 2 unspecified atom stereocenters. The van der Waals surface area contributed by atoms with Crippen molar-refractivity contribution in [2.24, 2.45) is 0 Å². The lowest BCUT2D eigenvalue weighted by Gasteiger charge is -2.33. The number of methoxy groups -OCH3 is 1. The number of esters is 1. The average molecular weight is 396 g/mol. The van der Waals surface area contributed by atoms with Crippen LogP contribution in [0.3, 0.4) is 0 Å². The maximum Gasteiger partial charge on any atom is 0.434 e. The Morgan fingerprint density at radius 3 is 2.07 bits per heavy atom. The number of hydrogen-bond acceptors (Lipinski definition) is 5. The van der Waals surface area contributed by atoms with E-state index in [2.05, 4.69) is 9.72 Å². The summed E-state index contributed by atoms with van der Waals surface area (Å²) in [5.74, 6) is -3.41. The minimum atomic E-state index is -5.31. The highest BCUT2D eigenvalue weighted by Gasteiger charge is 2.45. The van der Waals surface area contributed by atoms with Crippen molar-refractivity contribution in [1.29, 1.82) is 0 Å². The second-order valence-electron chi connectivity index (χ2n) is 6.22. The number of ether oxygens (including phenoxy) is 1. The fourth-order valence-corrected chi connectivity index (χ4v) is 3.35. The minimum Gasteiger partial charge on any atom is -0.478 e. The van der Waals surface area contributed by atoms with E-state index in [9.17, 15) is 36.6 Å². The molecule has 2 heterocycles. The molecule has 1 saturated heterocycles. The zero-order chi connectivity index (χ0) is 20.7. The highest BCUT2D eigenvalue weighted by atomic mass is 19.4. The van der Waals surface area contributed by atoms with Gasteiger partial charge in [-0.15, -0.1) is 0 Å². The maximum absolute atomic E-state index is 13.5. The molecule has 1 fully saturated rings. The van der Waals surface area contributed by atoms with Crippen molar-refractivity contribution < 1.29 is 41.4 Å². The number of carbonyl (C=O) groups is 2. The Bertz CT molecular complexity index is 756. The third-order valence-electron chi connectivity index (χ3n) is 4.49. The molecule has 150 valence electrons. The second-order valence-corrected chi connectivity index (χ2v) is 6.22. The summed E-state index contributed by atoms with van der Waals surface area (Å²) >= 11 is 0. The highest BCUT2D eigenvalue weighted by Crippen LogP contribution is 2.43. The molecule has 2 atom stereocenters. The summed E-state index contributed by atoms with van der Waals surface area (Å²) in [7, 11) is 0.857. The first-order chi connectivity index (χ1) is 12.4. The van der Waals surface area contributed by atoms with Crippen LogP contribution in [0.1, 0.15) is 65.2 Å². The first-order valence-corrected chi connectivity index (χ1v) is 7.94. The van der Waals surface area contributed by atoms with E-state index in [0.717, 1.165) is 7.11 Å². The smallest absolute Gasteiger partial charge is 0.434 e. The Balaban J connectivity index is 3.04. The summed E-state index contributed by atoms with van der Waals surface area (Å²) in [4.78, 5) is 27.9. The average Bonchev–Trinajstić information content (AvgIpc) is 2.89. The van der Waals surface area contributed by atoms with Crippen LogP contribution < -0.4 is 4.90 Å². The van der Waals surface area contributed by atoms with Crippen LogP contribution >= 0.6 is 0 Å². The third kappa shape index (κ3) is 3.67. The molecule has 0 spiro atoms. The SMILES string of the molecule is COC(=O)c1c(C(F)F)nc(C(F)(F)F)c(C(=O)O)c1N1C(C)CCC1C. The quantitative estimate of drug-likeness (QED) is 0.614. The first kappa shape index (κ1) is 20.8. The van der Waals surface area contributed by atoms with Crippen molar-refractivity contribution in [3.63, 3.8) is 0 Å². The van der Waals surface area contributed by atoms with Crippen LogP contribution in [0.2, 0.25) is 0 Å². The summed E-state index contributed by atoms with van der Waals surface area (Å²) in [6, 6.07) is -0.953. The molecule has 1 N–H and O–H groups in total. The van der Waals surface area contributed by atoms with Crippen molar-refractivity contribution >= 4 is 17.6 Å². The molecule has 1 aliphatic rings. The van der Waals surface area contributed by atoms with Crippen molar-refractivity contribution in [3.8, 4) is 0 Å². The van der Waals surface area contributed by atoms with E-state index in [-0.39, 0.29) is 0 Å².